The molecule has 130 valence electrons. The van der Waals surface area contributed by atoms with E-state index in [4.69, 9.17) is 0 Å². The van der Waals surface area contributed by atoms with Crippen LogP contribution >= 0.6 is 11.3 Å². The van der Waals surface area contributed by atoms with Gasteiger partial charge in [0.05, 0.1) is 10.4 Å². The molecule has 2 heterocycles. The molecule has 0 saturated carbocycles. The minimum Gasteiger partial charge on any atom is -0.332 e. The number of rotatable bonds is 5. The lowest BCUT2D eigenvalue weighted by molar-refractivity contribution is 0.0992. The van der Waals surface area contributed by atoms with Crippen molar-refractivity contribution in [2.45, 2.75) is 32.7 Å². The number of aromatic nitrogens is 1. The highest BCUT2D eigenvalue weighted by Crippen LogP contribution is 2.40. The Kier molecular flexibility index (Phi) is 4.01. The number of carbonyl (C=O) groups excluding carboxylic acids is 2. The van der Waals surface area contributed by atoms with Crippen LogP contribution in [-0.2, 0) is 13.0 Å². The van der Waals surface area contributed by atoms with Gasteiger partial charge in [0.25, 0.3) is 0 Å². The summed E-state index contributed by atoms with van der Waals surface area (Å²) in [5.41, 5.74) is 3.24. The van der Waals surface area contributed by atoms with Gasteiger partial charge in [0.1, 0.15) is 4.83 Å². The Balaban J connectivity index is 1.94. The maximum Gasteiger partial charge on any atom is 0.169 e. The largest absolute Gasteiger partial charge is 0.332 e. The van der Waals surface area contributed by atoms with E-state index in [1.165, 1.54) is 16.5 Å². The molecule has 0 N–H and O–H groups in total. The van der Waals surface area contributed by atoms with E-state index in [1.54, 1.807) is 18.3 Å². The van der Waals surface area contributed by atoms with E-state index >= 15 is 0 Å². The molecule has 3 aromatic rings. The molecule has 1 aromatic carbocycles. The van der Waals surface area contributed by atoms with Crippen molar-refractivity contribution in [1.29, 1.82) is 0 Å². The standard InChI is InChI=1S/C20H22N2O2S/c1-12(23)18-11-15-19-14-6-8-17(24)13(14)5-7-16(19)22(20(15)25-18)10-4-9-21(2)3/h5,7,11H,4,6,8-10H2,1-3H3. The second-order valence-electron chi connectivity index (χ2n) is 7.10. The molecule has 0 spiro atoms. The van der Waals surface area contributed by atoms with Crippen LogP contribution in [-0.4, -0.2) is 41.7 Å². The maximum atomic E-state index is 12.1. The maximum absolute atomic E-state index is 12.1. The van der Waals surface area contributed by atoms with Gasteiger partial charge in [-0.3, -0.25) is 9.59 Å². The van der Waals surface area contributed by atoms with Gasteiger partial charge in [-0.2, -0.15) is 0 Å². The number of carbonyl (C=O) groups is 2. The first kappa shape index (κ1) is 16.5. The lowest BCUT2D eigenvalue weighted by atomic mass is 10.0. The summed E-state index contributed by atoms with van der Waals surface area (Å²) in [5.74, 6) is 0.352. The Morgan fingerprint density at radius 1 is 1.28 bits per heavy atom. The van der Waals surface area contributed by atoms with Gasteiger partial charge >= 0.3 is 0 Å². The van der Waals surface area contributed by atoms with E-state index in [0.29, 0.717) is 6.42 Å². The Bertz CT molecular complexity index is 1010. The summed E-state index contributed by atoms with van der Waals surface area (Å²) < 4.78 is 2.34. The summed E-state index contributed by atoms with van der Waals surface area (Å²) >= 11 is 1.58. The second-order valence-corrected chi connectivity index (χ2v) is 8.13. The van der Waals surface area contributed by atoms with E-state index in [2.05, 4.69) is 29.6 Å². The summed E-state index contributed by atoms with van der Waals surface area (Å²) in [6, 6.07) is 6.11. The monoisotopic (exact) mass is 354 g/mol. The summed E-state index contributed by atoms with van der Waals surface area (Å²) in [6.07, 6.45) is 2.47. The van der Waals surface area contributed by atoms with Gasteiger partial charge in [0.15, 0.2) is 11.6 Å². The van der Waals surface area contributed by atoms with Crippen molar-refractivity contribution in [3.8, 4) is 0 Å². The van der Waals surface area contributed by atoms with Gasteiger partial charge in [-0.15, -0.1) is 11.3 Å². The van der Waals surface area contributed by atoms with Crippen LogP contribution in [0.25, 0.3) is 21.1 Å². The highest BCUT2D eigenvalue weighted by molar-refractivity contribution is 7.20. The Labute approximate surface area is 151 Å². The van der Waals surface area contributed by atoms with Crippen LogP contribution in [0.1, 0.15) is 45.4 Å². The quantitative estimate of drug-likeness (QED) is 0.647. The highest BCUT2D eigenvalue weighted by Gasteiger charge is 2.26. The van der Waals surface area contributed by atoms with Gasteiger partial charge in [0, 0.05) is 29.3 Å². The molecule has 0 unspecified atom stereocenters. The van der Waals surface area contributed by atoms with Gasteiger partial charge in [-0.05, 0) is 64.2 Å². The van der Waals surface area contributed by atoms with Crippen LogP contribution in [0.15, 0.2) is 18.2 Å². The fourth-order valence-corrected chi connectivity index (χ4v) is 4.97. The van der Waals surface area contributed by atoms with E-state index in [-0.39, 0.29) is 11.6 Å². The molecule has 0 bridgehead atoms. The third-order valence-corrected chi connectivity index (χ3v) is 6.30. The minimum atomic E-state index is 0.109. The number of hydrogen-bond donors (Lipinski definition) is 0. The van der Waals surface area contributed by atoms with Crippen LogP contribution in [0.2, 0.25) is 0 Å². The number of hydrogen-bond acceptors (Lipinski definition) is 4. The number of ketones is 2. The van der Waals surface area contributed by atoms with Crippen molar-refractivity contribution in [2.24, 2.45) is 0 Å². The molecule has 4 rings (SSSR count). The van der Waals surface area contributed by atoms with Crippen LogP contribution in [0.3, 0.4) is 0 Å². The lowest BCUT2D eigenvalue weighted by Crippen LogP contribution is -2.14. The SMILES string of the molecule is CC(=O)c1cc2c3c4c(ccc3n(CCCN(C)C)c2s1)C(=O)CC4. The first-order valence-electron chi connectivity index (χ1n) is 8.74. The second kappa shape index (κ2) is 6.07. The number of nitrogens with zero attached hydrogens (tertiary/aromatic N) is 2. The number of thiophene rings is 1. The summed E-state index contributed by atoms with van der Waals surface area (Å²) in [4.78, 5) is 28.2. The number of Topliss-reactive ketones (excluding diaryl/α,β-unsaturated/α-hetero) is 2. The van der Waals surface area contributed by atoms with Crippen LogP contribution < -0.4 is 0 Å². The number of aryl methyl sites for hydroxylation is 2. The molecule has 0 amide bonds. The van der Waals surface area contributed by atoms with E-state index < -0.39 is 0 Å². The average molecular weight is 354 g/mol. The smallest absolute Gasteiger partial charge is 0.169 e. The predicted octanol–water partition coefficient (Wildman–Crippen LogP) is 4.14. The molecule has 0 radical (unpaired) electrons. The lowest BCUT2D eigenvalue weighted by Gasteiger charge is -2.11. The third kappa shape index (κ3) is 2.62. The van der Waals surface area contributed by atoms with E-state index in [9.17, 15) is 9.59 Å². The van der Waals surface area contributed by atoms with Gasteiger partial charge < -0.3 is 9.47 Å². The van der Waals surface area contributed by atoms with Crippen LogP contribution in [0, 0.1) is 0 Å². The van der Waals surface area contributed by atoms with Crippen molar-refractivity contribution in [3.05, 3.63) is 34.2 Å². The summed E-state index contributed by atoms with van der Waals surface area (Å²) in [5, 5.41) is 2.33. The van der Waals surface area contributed by atoms with Crippen molar-refractivity contribution in [3.63, 3.8) is 0 Å². The van der Waals surface area contributed by atoms with Crippen LogP contribution in [0.5, 0.6) is 0 Å². The van der Waals surface area contributed by atoms with Crippen LogP contribution in [0.4, 0.5) is 0 Å². The molecule has 4 nitrogen and oxygen atoms in total. The molecule has 1 aliphatic carbocycles. The number of benzene rings is 1. The normalized spacial score (nSPS) is 14.2. The zero-order valence-corrected chi connectivity index (χ0v) is 15.7. The third-order valence-electron chi connectivity index (χ3n) is 5.05. The van der Waals surface area contributed by atoms with Crippen molar-refractivity contribution in [1.82, 2.24) is 9.47 Å². The fraction of sp³-hybridized carbons (Fsp3) is 0.400. The summed E-state index contributed by atoms with van der Waals surface area (Å²) in [7, 11) is 4.17. The fourth-order valence-electron chi connectivity index (χ4n) is 3.87. The number of fused-ring (bicyclic) bond motifs is 5. The molecule has 0 aliphatic heterocycles. The van der Waals surface area contributed by atoms with Gasteiger partial charge in [-0.25, -0.2) is 0 Å². The molecule has 5 heteroatoms. The molecule has 1 aliphatic rings. The Hall–Kier alpha value is -1.98. The summed E-state index contributed by atoms with van der Waals surface area (Å²) in [6.45, 7) is 3.57. The zero-order valence-electron chi connectivity index (χ0n) is 14.9. The predicted molar refractivity (Wildman–Crippen MR) is 103 cm³/mol. The van der Waals surface area contributed by atoms with E-state index in [1.807, 2.05) is 12.1 Å². The molecule has 25 heavy (non-hydrogen) atoms. The molecule has 0 atom stereocenters. The zero-order chi connectivity index (χ0) is 17.7. The molecular weight excluding hydrogens is 332 g/mol. The molecule has 0 saturated heterocycles. The van der Waals surface area contributed by atoms with E-state index in [0.717, 1.165) is 46.6 Å². The molecule has 0 fully saturated rings. The Morgan fingerprint density at radius 3 is 2.80 bits per heavy atom. The van der Waals surface area contributed by atoms with Crippen molar-refractivity contribution >= 4 is 44.0 Å². The Morgan fingerprint density at radius 2 is 2.08 bits per heavy atom. The first-order chi connectivity index (χ1) is 12.0. The van der Waals surface area contributed by atoms with Gasteiger partial charge in [-0.1, -0.05) is 0 Å². The van der Waals surface area contributed by atoms with Crippen molar-refractivity contribution in [2.75, 3.05) is 20.6 Å². The van der Waals surface area contributed by atoms with Gasteiger partial charge in [0.2, 0.25) is 0 Å². The minimum absolute atomic E-state index is 0.109. The molecule has 2 aromatic heterocycles. The topological polar surface area (TPSA) is 42.3 Å². The first-order valence-corrected chi connectivity index (χ1v) is 9.55. The van der Waals surface area contributed by atoms with Crippen molar-refractivity contribution < 1.29 is 9.59 Å². The average Bonchev–Trinajstić information content (AvgIpc) is 3.21. The highest BCUT2D eigenvalue weighted by atomic mass is 32.1. The molecular formula is C20H22N2O2S.